The van der Waals surface area contributed by atoms with Gasteiger partial charge < -0.3 is 25.8 Å². The number of hydrogen-bond donors (Lipinski definition) is 3. The molecule has 0 saturated carbocycles. The summed E-state index contributed by atoms with van der Waals surface area (Å²) in [5.74, 6) is 1.50. The molecule has 0 bridgehead atoms. The van der Waals surface area contributed by atoms with Crippen LogP contribution < -0.4 is 15.8 Å². The Kier molecular flexibility index (Phi) is 6.60. The average Bonchev–Trinajstić information content (AvgIpc) is 2.87. The van der Waals surface area contributed by atoms with Crippen molar-refractivity contribution in [1.29, 1.82) is 0 Å². The Balaban J connectivity index is 1.48. The van der Waals surface area contributed by atoms with Gasteiger partial charge in [0.05, 0.1) is 11.3 Å². The summed E-state index contributed by atoms with van der Waals surface area (Å²) in [6.45, 7) is 2.91. The first kappa shape index (κ1) is 23.8. The third-order valence-corrected chi connectivity index (χ3v) is 6.65. The van der Waals surface area contributed by atoms with E-state index in [1.54, 1.807) is 18.5 Å². The molecule has 9 nitrogen and oxygen atoms in total. The number of nitrogens with one attached hydrogen (secondary N) is 1. The molecule has 10 heteroatoms. The fraction of sp³-hybridized carbons (Fsp3) is 0.231. The van der Waals surface area contributed by atoms with E-state index in [-0.39, 0.29) is 6.04 Å². The van der Waals surface area contributed by atoms with Gasteiger partial charge in [0.2, 0.25) is 11.8 Å². The standard InChI is InChI=1S/C26H25BrN6O3/c1-15-7-8-18-19(5-2-6-21(18)28)23(15)36-24-20(12-16(27)13-30-24)22-9-10-29-25(32-22)31-17-4-3-11-33(14-17)26(34)35/h2,5-10,12-13,17H,3-4,11,14,28H2,1H3,(H,34,35)(H,29,31,32)/t17-/m0/s1. The molecule has 1 aliphatic rings. The number of carboxylic acid groups (broad SMARTS) is 1. The maximum absolute atomic E-state index is 11.4. The molecule has 4 aromatic rings. The number of nitrogen functional groups attached to an aromatic ring is 1. The van der Waals surface area contributed by atoms with E-state index in [0.717, 1.165) is 33.7 Å². The molecule has 0 aliphatic carbocycles. The number of piperidine rings is 1. The van der Waals surface area contributed by atoms with E-state index in [4.69, 9.17) is 15.5 Å². The van der Waals surface area contributed by atoms with Gasteiger partial charge in [-0.3, -0.25) is 0 Å². The summed E-state index contributed by atoms with van der Waals surface area (Å²) in [5.41, 5.74) is 9.13. The number of ether oxygens (including phenoxy) is 1. The normalized spacial score (nSPS) is 15.6. The number of rotatable bonds is 5. The molecule has 1 saturated heterocycles. The van der Waals surface area contributed by atoms with Crippen LogP contribution in [0.5, 0.6) is 11.6 Å². The third-order valence-electron chi connectivity index (χ3n) is 6.22. The minimum Gasteiger partial charge on any atom is -0.465 e. The number of amides is 1. The van der Waals surface area contributed by atoms with E-state index < -0.39 is 6.09 Å². The van der Waals surface area contributed by atoms with Crippen molar-refractivity contribution in [2.24, 2.45) is 0 Å². The lowest BCUT2D eigenvalue weighted by molar-refractivity contribution is 0.132. The third kappa shape index (κ3) is 4.90. The van der Waals surface area contributed by atoms with Gasteiger partial charge in [0.25, 0.3) is 0 Å². The number of carbonyl (C=O) groups is 1. The lowest BCUT2D eigenvalue weighted by Crippen LogP contribution is -2.44. The summed E-state index contributed by atoms with van der Waals surface area (Å²) in [6, 6.07) is 13.3. The van der Waals surface area contributed by atoms with Gasteiger partial charge in [-0.05, 0) is 59.5 Å². The minimum absolute atomic E-state index is 0.0646. The second-order valence-corrected chi connectivity index (χ2v) is 9.66. The summed E-state index contributed by atoms with van der Waals surface area (Å²) in [5, 5.41) is 14.4. The topological polar surface area (TPSA) is 126 Å². The predicted octanol–water partition coefficient (Wildman–Crippen LogP) is 5.69. The maximum atomic E-state index is 11.4. The molecule has 2 aromatic carbocycles. The first-order valence-corrected chi connectivity index (χ1v) is 12.4. The molecule has 4 N–H and O–H groups in total. The van der Waals surface area contributed by atoms with Crippen LogP contribution in [0.1, 0.15) is 18.4 Å². The maximum Gasteiger partial charge on any atom is 0.407 e. The fourth-order valence-corrected chi connectivity index (χ4v) is 4.75. The van der Waals surface area contributed by atoms with Crippen LogP contribution in [-0.4, -0.2) is 50.2 Å². The fourth-order valence-electron chi connectivity index (χ4n) is 4.42. The summed E-state index contributed by atoms with van der Waals surface area (Å²) in [4.78, 5) is 26.4. The predicted molar refractivity (Wildman–Crippen MR) is 142 cm³/mol. The number of hydrogen-bond acceptors (Lipinski definition) is 7. The first-order valence-electron chi connectivity index (χ1n) is 11.6. The Bertz CT molecular complexity index is 1450. The number of aromatic nitrogens is 3. The van der Waals surface area contributed by atoms with Crippen molar-refractivity contribution >= 4 is 44.4 Å². The minimum atomic E-state index is -0.913. The number of nitrogens with two attached hydrogens (primary N) is 1. The molecule has 1 amide bonds. The largest absolute Gasteiger partial charge is 0.465 e. The van der Waals surface area contributed by atoms with Gasteiger partial charge in [0.15, 0.2) is 0 Å². The van der Waals surface area contributed by atoms with Gasteiger partial charge >= 0.3 is 6.09 Å². The molecule has 0 radical (unpaired) electrons. The zero-order valence-electron chi connectivity index (χ0n) is 19.6. The van der Waals surface area contributed by atoms with Crippen molar-refractivity contribution in [3.05, 3.63) is 64.9 Å². The number of halogens is 1. The molecule has 36 heavy (non-hydrogen) atoms. The SMILES string of the molecule is Cc1ccc2c(N)cccc2c1Oc1ncc(Br)cc1-c1ccnc(N[C@H]2CCCN(C(=O)O)C2)n1. The second-order valence-electron chi connectivity index (χ2n) is 8.74. The van der Waals surface area contributed by atoms with Crippen molar-refractivity contribution in [1.82, 2.24) is 19.9 Å². The highest BCUT2D eigenvalue weighted by Crippen LogP contribution is 2.38. The van der Waals surface area contributed by atoms with Gasteiger partial charge in [0.1, 0.15) is 5.75 Å². The Labute approximate surface area is 216 Å². The summed E-state index contributed by atoms with van der Waals surface area (Å²) in [6.07, 6.45) is 4.05. The molecule has 5 rings (SSSR count). The number of nitrogens with zero attached hydrogens (tertiary/aromatic N) is 4. The number of aryl methyl sites for hydroxylation is 1. The van der Waals surface area contributed by atoms with Crippen molar-refractivity contribution < 1.29 is 14.6 Å². The first-order chi connectivity index (χ1) is 17.4. The number of pyridine rings is 1. The van der Waals surface area contributed by atoms with Crippen LogP contribution in [0.2, 0.25) is 0 Å². The van der Waals surface area contributed by atoms with Crippen LogP contribution in [0.4, 0.5) is 16.4 Å². The lowest BCUT2D eigenvalue weighted by Gasteiger charge is -2.31. The van der Waals surface area contributed by atoms with E-state index in [1.165, 1.54) is 4.90 Å². The number of likely N-dealkylation sites (tertiary alicyclic amines) is 1. The second kappa shape index (κ2) is 9.98. The molecule has 1 aliphatic heterocycles. The zero-order chi connectivity index (χ0) is 25.2. The van der Waals surface area contributed by atoms with Gasteiger partial charge in [-0.2, -0.15) is 0 Å². The molecule has 0 spiro atoms. The van der Waals surface area contributed by atoms with Crippen molar-refractivity contribution in [2.45, 2.75) is 25.8 Å². The van der Waals surface area contributed by atoms with Crippen molar-refractivity contribution in [2.75, 3.05) is 24.1 Å². The van der Waals surface area contributed by atoms with Crippen molar-refractivity contribution in [3.63, 3.8) is 0 Å². The summed E-state index contributed by atoms with van der Waals surface area (Å²) in [7, 11) is 0. The molecule has 0 unspecified atom stereocenters. The highest BCUT2D eigenvalue weighted by atomic mass is 79.9. The number of anilines is 2. The Morgan fingerprint density at radius 1 is 1.22 bits per heavy atom. The van der Waals surface area contributed by atoms with Gasteiger partial charge in [-0.1, -0.05) is 24.3 Å². The zero-order valence-corrected chi connectivity index (χ0v) is 21.2. The molecule has 1 atom stereocenters. The quantitative estimate of drug-likeness (QED) is 0.271. The highest BCUT2D eigenvalue weighted by molar-refractivity contribution is 9.10. The Morgan fingerprint density at radius 2 is 2.08 bits per heavy atom. The van der Waals surface area contributed by atoms with E-state index in [2.05, 4.69) is 31.2 Å². The average molecular weight is 549 g/mol. The van der Waals surface area contributed by atoms with Crippen LogP contribution in [0.3, 0.4) is 0 Å². The molecule has 1 fully saturated rings. The van der Waals surface area contributed by atoms with E-state index in [1.807, 2.05) is 43.3 Å². The molecular formula is C26H25BrN6O3. The summed E-state index contributed by atoms with van der Waals surface area (Å²) >= 11 is 3.51. The molecule has 184 valence electrons. The van der Waals surface area contributed by atoms with Crippen LogP contribution in [0.15, 0.2) is 59.3 Å². The van der Waals surface area contributed by atoms with Crippen molar-refractivity contribution in [3.8, 4) is 22.9 Å². The smallest absolute Gasteiger partial charge is 0.407 e. The monoisotopic (exact) mass is 548 g/mol. The van der Waals surface area contributed by atoms with E-state index >= 15 is 0 Å². The number of benzene rings is 2. The molecule has 3 heterocycles. The van der Waals surface area contributed by atoms with Gasteiger partial charge in [-0.25, -0.2) is 19.7 Å². The van der Waals surface area contributed by atoms with Crippen LogP contribution in [0.25, 0.3) is 22.0 Å². The van der Waals surface area contributed by atoms with Crippen LogP contribution in [0, 0.1) is 6.92 Å². The lowest BCUT2D eigenvalue weighted by atomic mass is 10.0. The van der Waals surface area contributed by atoms with E-state index in [0.29, 0.717) is 47.6 Å². The Hall–Kier alpha value is -3.92. The summed E-state index contributed by atoms with van der Waals surface area (Å²) < 4.78 is 7.19. The van der Waals surface area contributed by atoms with Gasteiger partial charge in [-0.15, -0.1) is 0 Å². The number of fused-ring (bicyclic) bond motifs is 1. The van der Waals surface area contributed by atoms with Crippen LogP contribution >= 0.6 is 15.9 Å². The molecular weight excluding hydrogens is 524 g/mol. The molecule has 2 aromatic heterocycles. The van der Waals surface area contributed by atoms with E-state index in [9.17, 15) is 9.90 Å². The highest BCUT2D eigenvalue weighted by Gasteiger charge is 2.24. The van der Waals surface area contributed by atoms with Gasteiger partial charge in [0, 0.05) is 52.5 Å². The van der Waals surface area contributed by atoms with Crippen LogP contribution in [-0.2, 0) is 0 Å². The Morgan fingerprint density at radius 3 is 2.92 bits per heavy atom.